The molecule has 5 aromatic rings. The van der Waals surface area contributed by atoms with E-state index in [1.807, 2.05) is 0 Å². The van der Waals surface area contributed by atoms with Crippen molar-refractivity contribution in [3.63, 3.8) is 0 Å². The molecule has 1 heteroatoms. The summed E-state index contributed by atoms with van der Waals surface area (Å²) in [6.45, 7) is 2.18. The van der Waals surface area contributed by atoms with Crippen molar-refractivity contribution in [2.24, 2.45) is 0 Å². The van der Waals surface area contributed by atoms with Gasteiger partial charge in [-0.1, -0.05) is 97.1 Å². The van der Waals surface area contributed by atoms with Gasteiger partial charge in [-0.3, -0.25) is 0 Å². The van der Waals surface area contributed by atoms with Crippen LogP contribution >= 0.6 is 0 Å². The maximum Gasteiger partial charge on any atom is 0.0436 e. The van der Waals surface area contributed by atoms with Gasteiger partial charge in [-0.05, 0) is 74.7 Å². The van der Waals surface area contributed by atoms with Crippen molar-refractivity contribution < 1.29 is 0 Å². The number of rotatable bonds is 2. The molecule has 0 aliphatic heterocycles. The molecule has 0 amide bonds. The predicted molar refractivity (Wildman–Crippen MR) is 139 cm³/mol. The molecule has 6 rings (SSSR count). The molecular weight excluding hydrogens is 386 g/mol. The van der Waals surface area contributed by atoms with Crippen LogP contribution in [-0.4, -0.2) is 0 Å². The van der Waals surface area contributed by atoms with Crippen LogP contribution in [0.25, 0.3) is 49.9 Å². The summed E-state index contributed by atoms with van der Waals surface area (Å²) in [5, 5.41) is 4.99. The van der Waals surface area contributed by atoms with Crippen LogP contribution in [0.15, 0.2) is 91.0 Å². The van der Waals surface area contributed by atoms with Gasteiger partial charge in [0, 0.05) is 11.3 Å². The zero-order valence-corrected chi connectivity index (χ0v) is 18.2. The second-order valence-corrected chi connectivity index (χ2v) is 8.68. The van der Waals surface area contributed by atoms with Crippen LogP contribution in [0.4, 0.5) is 5.69 Å². The summed E-state index contributed by atoms with van der Waals surface area (Å²) in [5.41, 5.74) is 16.7. The maximum atomic E-state index is 6.98. The number of hydrogen-bond donors (Lipinski definition) is 1. The Balaban J connectivity index is 1.73. The Labute approximate surface area is 188 Å². The third-order valence-electron chi connectivity index (χ3n) is 6.91. The molecule has 0 heterocycles. The highest BCUT2D eigenvalue weighted by Gasteiger charge is 2.21. The van der Waals surface area contributed by atoms with Gasteiger partial charge in [-0.2, -0.15) is 0 Å². The number of benzene rings is 5. The lowest BCUT2D eigenvalue weighted by molar-refractivity contribution is 0.988. The predicted octanol–water partition coefficient (Wildman–Crippen LogP) is 8.18. The second kappa shape index (κ2) is 7.39. The summed E-state index contributed by atoms with van der Waals surface area (Å²) >= 11 is 0. The highest BCUT2D eigenvalue weighted by Crippen LogP contribution is 2.46. The fourth-order valence-electron chi connectivity index (χ4n) is 5.38. The van der Waals surface area contributed by atoms with Crippen LogP contribution in [0.5, 0.6) is 0 Å². The molecule has 0 fully saturated rings. The van der Waals surface area contributed by atoms with E-state index < -0.39 is 0 Å². The Bertz CT molecular complexity index is 1530. The van der Waals surface area contributed by atoms with Crippen molar-refractivity contribution in [2.75, 3.05) is 5.73 Å². The summed E-state index contributed by atoms with van der Waals surface area (Å²) in [6, 6.07) is 30.5. The molecular formula is C31H25N. The molecule has 0 spiro atoms. The molecule has 0 saturated heterocycles. The molecule has 0 atom stereocenters. The fourth-order valence-corrected chi connectivity index (χ4v) is 5.38. The fraction of sp³-hybridized carbons (Fsp3) is 0.0968. The van der Waals surface area contributed by atoms with Crippen LogP contribution in [0.1, 0.15) is 23.1 Å². The molecule has 32 heavy (non-hydrogen) atoms. The lowest BCUT2D eigenvalue weighted by Crippen LogP contribution is -2.03. The van der Waals surface area contributed by atoms with E-state index in [-0.39, 0.29) is 0 Å². The van der Waals surface area contributed by atoms with Crippen LogP contribution in [-0.2, 0) is 6.42 Å². The largest absolute Gasteiger partial charge is 0.398 e. The van der Waals surface area contributed by atoms with E-state index >= 15 is 0 Å². The average molecular weight is 412 g/mol. The van der Waals surface area contributed by atoms with Gasteiger partial charge in [0.05, 0.1) is 0 Å². The molecule has 0 bridgehead atoms. The molecule has 0 aromatic heterocycles. The van der Waals surface area contributed by atoms with Crippen molar-refractivity contribution >= 4 is 33.3 Å². The van der Waals surface area contributed by atoms with Crippen LogP contribution in [0.3, 0.4) is 0 Å². The van der Waals surface area contributed by atoms with E-state index in [0.717, 1.165) is 24.1 Å². The summed E-state index contributed by atoms with van der Waals surface area (Å²) in [4.78, 5) is 0. The summed E-state index contributed by atoms with van der Waals surface area (Å²) in [7, 11) is 0. The molecule has 1 nitrogen and oxygen atoms in total. The van der Waals surface area contributed by atoms with Gasteiger partial charge < -0.3 is 5.73 Å². The van der Waals surface area contributed by atoms with E-state index in [9.17, 15) is 0 Å². The molecule has 1 aliphatic rings. The van der Waals surface area contributed by atoms with Gasteiger partial charge in [0.2, 0.25) is 0 Å². The zero-order valence-electron chi connectivity index (χ0n) is 18.2. The first-order valence-electron chi connectivity index (χ1n) is 11.3. The van der Waals surface area contributed by atoms with Gasteiger partial charge in [0.25, 0.3) is 0 Å². The highest BCUT2D eigenvalue weighted by atomic mass is 14.6. The van der Waals surface area contributed by atoms with Crippen molar-refractivity contribution in [3.8, 4) is 22.3 Å². The van der Waals surface area contributed by atoms with Gasteiger partial charge >= 0.3 is 0 Å². The monoisotopic (exact) mass is 411 g/mol. The summed E-state index contributed by atoms with van der Waals surface area (Å²) in [6.07, 6.45) is 6.65. The van der Waals surface area contributed by atoms with Gasteiger partial charge in [0.15, 0.2) is 0 Å². The number of allylic oxidation sites excluding steroid dienone is 1. The van der Waals surface area contributed by atoms with Crippen molar-refractivity contribution in [3.05, 3.63) is 108 Å². The molecule has 0 radical (unpaired) electrons. The lowest BCUT2D eigenvalue weighted by atomic mass is 9.82. The highest BCUT2D eigenvalue weighted by molar-refractivity contribution is 6.14. The molecule has 1 aliphatic carbocycles. The average Bonchev–Trinajstić information content (AvgIpc) is 2.85. The first-order valence-corrected chi connectivity index (χ1v) is 11.3. The summed E-state index contributed by atoms with van der Waals surface area (Å²) < 4.78 is 0. The van der Waals surface area contributed by atoms with Gasteiger partial charge in [-0.15, -0.1) is 0 Å². The first-order chi connectivity index (χ1) is 15.7. The molecule has 2 N–H and O–H groups in total. The Morgan fingerprint density at radius 1 is 0.656 bits per heavy atom. The first kappa shape index (κ1) is 18.9. The third-order valence-corrected chi connectivity index (χ3v) is 6.91. The van der Waals surface area contributed by atoms with E-state index in [1.54, 1.807) is 0 Å². The van der Waals surface area contributed by atoms with Crippen LogP contribution < -0.4 is 5.73 Å². The minimum Gasteiger partial charge on any atom is -0.398 e. The van der Waals surface area contributed by atoms with Gasteiger partial charge in [-0.25, -0.2) is 0 Å². The van der Waals surface area contributed by atoms with E-state index in [4.69, 9.17) is 5.73 Å². The Kier molecular flexibility index (Phi) is 4.36. The van der Waals surface area contributed by atoms with Crippen molar-refractivity contribution in [2.45, 2.75) is 19.8 Å². The molecule has 0 saturated carbocycles. The number of nitrogen functional groups attached to an aromatic ring is 1. The van der Waals surface area contributed by atoms with Crippen LogP contribution in [0.2, 0.25) is 0 Å². The van der Waals surface area contributed by atoms with E-state index in [0.29, 0.717) is 0 Å². The molecule has 154 valence electrons. The Morgan fingerprint density at radius 2 is 1.31 bits per heavy atom. The molecule has 5 aromatic carbocycles. The topological polar surface area (TPSA) is 26.0 Å². The maximum absolute atomic E-state index is 6.98. The lowest BCUT2D eigenvalue weighted by Gasteiger charge is -2.23. The number of fused-ring (bicyclic) bond motifs is 3. The number of hydrogen-bond acceptors (Lipinski definition) is 1. The normalized spacial score (nSPS) is 12.9. The van der Waals surface area contributed by atoms with Gasteiger partial charge in [0.1, 0.15) is 0 Å². The number of anilines is 1. The zero-order chi connectivity index (χ0) is 21.7. The minimum absolute atomic E-state index is 0.884. The quantitative estimate of drug-likeness (QED) is 0.291. The Hall–Kier alpha value is -3.84. The number of nitrogens with two attached hydrogens (primary N) is 1. The standard InChI is InChI=1S/C31H25N/c1-20-29(25-18-8-12-21-10-2-4-14-23(21)25)27-16-6-7-17-28(27)30(31(20)32)26-19-9-13-22-11-3-5-15-24(22)26/h2-4,6-14,16-19H,5,15,32H2,1H3. The van der Waals surface area contributed by atoms with E-state index in [2.05, 4.69) is 104 Å². The van der Waals surface area contributed by atoms with Crippen molar-refractivity contribution in [1.29, 1.82) is 0 Å². The SMILES string of the molecule is Cc1c(N)c(-c2cccc3c2CCC=C3)c2ccccc2c1-c1cccc2ccccc12. The minimum atomic E-state index is 0.884. The van der Waals surface area contributed by atoms with Crippen LogP contribution in [0, 0.1) is 6.92 Å². The summed E-state index contributed by atoms with van der Waals surface area (Å²) in [5.74, 6) is 0. The van der Waals surface area contributed by atoms with E-state index in [1.165, 1.54) is 54.9 Å². The van der Waals surface area contributed by atoms with Crippen molar-refractivity contribution in [1.82, 2.24) is 0 Å². The third kappa shape index (κ3) is 2.78. The molecule has 0 unspecified atom stereocenters. The smallest absolute Gasteiger partial charge is 0.0436 e. The second-order valence-electron chi connectivity index (χ2n) is 8.68. The Morgan fingerprint density at radius 3 is 2.16 bits per heavy atom.